The van der Waals surface area contributed by atoms with Crippen molar-refractivity contribution in [3.8, 4) is 11.5 Å². The zero-order chi connectivity index (χ0) is 17.7. The van der Waals surface area contributed by atoms with Gasteiger partial charge in [0.25, 0.3) is 5.91 Å². The molecule has 1 heterocycles. The third-order valence-corrected chi connectivity index (χ3v) is 6.78. The number of fused-ring (bicyclic) bond motifs is 1. The fourth-order valence-corrected chi connectivity index (χ4v) is 5.94. The average Bonchev–Trinajstić information content (AvgIpc) is 2.63. The standard InChI is InChI=1S/C20H24N2O3S/c23-19(13-1-2-16-17(10-13)25-4-3-24-16)22-20(26)21-18-14-6-11-5-12(8-14)9-15(18)7-11/h1-2,10-12,14-15,18H,3-9H2,(H2,21,22,23,26). The third kappa shape index (κ3) is 2.94. The van der Waals surface area contributed by atoms with Crippen LogP contribution >= 0.6 is 12.2 Å². The molecule has 4 bridgehead atoms. The highest BCUT2D eigenvalue weighted by molar-refractivity contribution is 7.80. The third-order valence-electron chi connectivity index (χ3n) is 6.56. The lowest BCUT2D eigenvalue weighted by molar-refractivity contribution is -0.00692. The minimum absolute atomic E-state index is 0.205. The molecule has 26 heavy (non-hydrogen) atoms. The summed E-state index contributed by atoms with van der Waals surface area (Å²) in [6, 6.07) is 5.66. The SMILES string of the molecule is O=C(NC(=S)NC1C2CC3CC(C2)CC1C3)c1ccc2c(c1)OCCO2. The Morgan fingerprint density at radius 2 is 1.62 bits per heavy atom. The summed E-state index contributed by atoms with van der Waals surface area (Å²) < 4.78 is 11.1. The molecule has 1 aromatic rings. The highest BCUT2D eigenvalue weighted by Gasteiger charge is 2.48. The Labute approximate surface area is 158 Å². The first kappa shape index (κ1) is 16.4. The second-order valence-electron chi connectivity index (χ2n) is 8.24. The molecule has 5 aliphatic rings. The molecule has 0 atom stereocenters. The summed E-state index contributed by atoms with van der Waals surface area (Å²) in [6.07, 6.45) is 6.73. The van der Waals surface area contributed by atoms with Gasteiger partial charge in [0.05, 0.1) is 0 Å². The molecular formula is C20H24N2O3S. The van der Waals surface area contributed by atoms with Crippen LogP contribution in [0, 0.1) is 23.7 Å². The molecule has 4 saturated carbocycles. The maximum Gasteiger partial charge on any atom is 0.257 e. The minimum Gasteiger partial charge on any atom is -0.486 e. The van der Waals surface area contributed by atoms with Gasteiger partial charge in [0.15, 0.2) is 16.6 Å². The maximum absolute atomic E-state index is 12.6. The topological polar surface area (TPSA) is 59.6 Å². The average molecular weight is 372 g/mol. The van der Waals surface area contributed by atoms with Crippen molar-refractivity contribution in [2.45, 2.75) is 38.1 Å². The molecule has 1 aliphatic heterocycles. The van der Waals surface area contributed by atoms with Gasteiger partial charge in [-0.3, -0.25) is 10.1 Å². The van der Waals surface area contributed by atoms with E-state index in [0.717, 1.165) is 23.7 Å². The van der Waals surface area contributed by atoms with Crippen molar-refractivity contribution in [2.75, 3.05) is 13.2 Å². The largest absolute Gasteiger partial charge is 0.486 e. The van der Waals surface area contributed by atoms with Crippen molar-refractivity contribution < 1.29 is 14.3 Å². The molecular weight excluding hydrogens is 348 g/mol. The van der Waals surface area contributed by atoms with Gasteiger partial charge in [0.2, 0.25) is 0 Å². The number of carbonyl (C=O) groups excluding carboxylic acids is 1. The molecule has 0 saturated heterocycles. The zero-order valence-corrected chi connectivity index (χ0v) is 15.5. The molecule has 6 rings (SSSR count). The molecule has 6 heteroatoms. The molecule has 0 aromatic heterocycles. The van der Waals surface area contributed by atoms with E-state index in [2.05, 4.69) is 10.6 Å². The molecule has 0 radical (unpaired) electrons. The van der Waals surface area contributed by atoms with Gasteiger partial charge in [-0.1, -0.05) is 0 Å². The summed E-state index contributed by atoms with van der Waals surface area (Å²) in [5, 5.41) is 6.76. The Bertz CT molecular complexity index is 723. The summed E-state index contributed by atoms with van der Waals surface area (Å²) in [6.45, 7) is 1.04. The van der Waals surface area contributed by atoms with Crippen LogP contribution in [0.15, 0.2) is 18.2 Å². The van der Waals surface area contributed by atoms with E-state index < -0.39 is 0 Å². The quantitative estimate of drug-likeness (QED) is 0.782. The van der Waals surface area contributed by atoms with Crippen molar-refractivity contribution in [1.29, 1.82) is 0 Å². The lowest BCUT2D eigenvalue weighted by Gasteiger charge is -2.54. The Kier molecular flexibility index (Phi) is 4.03. The fourth-order valence-electron chi connectivity index (χ4n) is 5.71. The van der Waals surface area contributed by atoms with Crippen molar-refractivity contribution in [2.24, 2.45) is 23.7 Å². The maximum atomic E-state index is 12.6. The molecule has 0 spiro atoms. The number of thiocarbonyl (C=S) groups is 1. The van der Waals surface area contributed by atoms with E-state index in [1.807, 2.05) is 0 Å². The number of hydrogen-bond donors (Lipinski definition) is 2. The van der Waals surface area contributed by atoms with Gasteiger partial charge in [-0.05, 0) is 86.2 Å². The minimum atomic E-state index is -0.205. The number of carbonyl (C=O) groups is 1. The molecule has 1 amide bonds. The van der Waals surface area contributed by atoms with E-state index in [4.69, 9.17) is 21.7 Å². The van der Waals surface area contributed by atoms with Gasteiger partial charge in [-0.25, -0.2) is 0 Å². The smallest absolute Gasteiger partial charge is 0.257 e. The van der Waals surface area contributed by atoms with Crippen LogP contribution in [0.2, 0.25) is 0 Å². The van der Waals surface area contributed by atoms with E-state index in [9.17, 15) is 4.79 Å². The van der Waals surface area contributed by atoms with Crippen molar-refractivity contribution in [3.05, 3.63) is 23.8 Å². The zero-order valence-electron chi connectivity index (χ0n) is 14.7. The molecule has 4 aliphatic carbocycles. The van der Waals surface area contributed by atoms with Gasteiger partial charge < -0.3 is 14.8 Å². The van der Waals surface area contributed by atoms with Crippen molar-refractivity contribution in [1.82, 2.24) is 10.6 Å². The van der Waals surface area contributed by atoms with Crippen LogP contribution in [0.4, 0.5) is 0 Å². The van der Waals surface area contributed by atoms with Crippen LogP contribution in [0.5, 0.6) is 11.5 Å². The highest BCUT2D eigenvalue weighted by atomic mass is 32.1. The summed E-state index contributed by atoms with van der Waals surface area (Å²) >= 11 is 5.45. The van der Waals surface area contributed by atoms with Crippen LogP contribution in [-0.4, -0.2) is 30.3 Å². The molecule has 2 N–H and O–H groups in total. The van der Waals surface area contributed by atoms with Crippen LogP contribution in [-0.2, 0) is 0 Å². The predicted octanol–water partition coefficient (Wildman–Crippen LogP) is 2.89. The van der Waals surface area contributed by atoms with Crippen LogP contribution < -0.4 is 20.1 Å². The van der Waals surface area contributed by atoms with E-state index in [1.54, 1.807) is 18.2 Å². The van der Waals surface area contributed by atoms with Gasteiger partial charge in [-0.15, -0.1) is 0 Å². The van der Waals surface area contributed by atoms with Crippen LogP contribution in [0.1, 0.15) is 42.5 Å². The number of hydrogen-bond acceptors (Lipinski definition) is 4. The normalized spacial score (nSPS) is 33.6. The first-order valence-corrected chi connectivity index (χ1v) is 10.1. The van der Waals surface area contributed by atoms with Crippen LogP contribution in [0.3, 0.4) is 0 Å². The monoisotopic (exact) mass is 372 g/mol. The van der Waals surface area contributed by atoms with Crippen molar-refractivity contribution >= 4 is 23.2 Å². The fraction of sp³-hybridized carbons (Fsp3) is 0.600. The van der Waals surface area contributed by atoms with Gasteiger partial charge in [0, 0.05) is 11.6 Å². The first-order chi connectivity index (χ1) is 12.7. The summed E-state index contributed by atoms with van der Waals surface area (Å²) in [5.41, 5.74) is 0.531. The lowest BCUT2D eigenvalue weighted by Crippen LogP contribution is -2.57. The number of benzene rings is 1. The van der Waals surface area contributed by atoms with E-state index >= 15 is 0 Å². The number of rotatable bonds is 2. The molecule has 1 aromatic carbocycles. The molecule has 4 fully saturated rings. The molecule has 5 nitrogen and oxygen atoms in total. The van der Waals surface area contributed by atoms with Crippen molar-refractivity contribution in [3.63, 3.8) is 0 Å². The van der Waals surface area contributed by atoms with E-state index in [0.29, 0.717) is 41.4 Å². The lowest BCUT2D eigenvalue weighted by atomic mass is 9.54. The first-order valence-electron chi connectivity index (χ1n) is 9.67. The van der Waals surface area contributed by atoms with Gasteiger partial charge in [0.1, 0.15) is 13.2 Å². The molecule has 138 valence electrons. The number of nitrogens with one attached hydrogen (secondary N) is 2. The van der Waals surface area contributed by atoms with E-state index in [-0.39, 0.29) is 5.91 Å². The summed E-state index contributed by atoms with van der Waals surface area (Å²) in [7, 11) is 0. The van der Waals surface area contributed by atoms with Gasteiger partial charge >= 0.3 is 0 Å². The number of amides is 1. The van der Waals surface area contributed by atoms with Crippen LogP contribution in [0.25, 0.3) is 0 Å². The highest BCUT2D eigenvalue weighted by Crippen LogP contribution is 2.53. The summed E-state index contributed by atoms with van der Waals surface area (Å²) in [4.78, 5) is 12.6. The second kappa shape index (κ2) is 6.41. The van der Waals surface area contributed by atoms with Gasteiger partial charge in [-0.2, -0.15) is 0 Å². The van der Waals surface area contributed by atoms with E-state index in [1.165, 1.54) is 32.1 Å². The summed E-state index contributed by atoms with van der Waals surface area (Å²) in [5.74, 6) is 4.38. The number of ether oxygens (including phenoxy) is 2. The second-order valence-corrected chi connectivity index (χ2v) is 8.65. The Morgan fingerprint density at radius 3 is 2.31 bits per heavy atom. The Hall–Kier alpha value is -1.82. The molecule has 0 unspecified atom stereocenters. The predicted molar refractivity (Wildman–Crippen MR) is 101 cm³/mol. The Morgan fingerprint density at radius 1 is 0.962 bits per heavy atom. The Balaban J connectivity index is 1.22.